The second kappa shape index (κ2) is 10.2. The average Bonchev–Trinajstić information content (AvgIpc) is 2.78. The summed E-state index contributed by atoms with van der Waals surface area (Å²) < 4.78 is 27.1. The Morgan fingerprint density at radius 1 is 1.15 bits per heavy atom. The summed E-state index contributed by atoms with van der Waals surface area (Å²) in [5.41, 5.74) is -0.0582. The van der Waals surface area contributed by atoms with Crippen LogP contribution in [0.1, 0.15) is 58.9 Å². The molecule has 1 aromatic heterocycles. The number of Topliss-reactive ketones (excluding diaryl/α,β-unsaturated/α-hetero) is 1. The van der Waals surface area contributed by atoms with E-state index in [4.69, 9.17) is 0 Å². The highest BCUT2D eigenvalue weighted by atomic mass is 19.1. The van der Waals surface area contributed by atoms with Crippen molar-refractivity contribution in [2.75, 3.05) is 13.1 Å². The van der Waals surface area contributed by atoms with Gasteiger partial charge in [-0.25, -0.2) is 13.8 Å². The van der Waals surface area contributed by atoms with E-state index in [-0.39, 0.29) is 36.2 Å². The lowest BCUT2D eigenvalue weighted by Crippen LogP contribution is -2.54. The van der Waals surface area contributed by atoms with Gasteiger partial charge < -0.3 is 15.2 Å². The lowest BCUT2D eigenvalue weighted by Gasteiger charge is -2.35. The van der Waals surface area contributed by atoms with Gasteiger partial charge in [0.25, 0.3) is 11.5 Å². The lowest BCUT2D eigenvalue weighted by atomic mass is 9.88. The molecule has 182 valence electrons. The van der Waals surface area contributed by atoms with Crippen molar-refractivity contribution in [3.05, 3.63) is 62.8 Å². The Hall–Kier alpha value is -3.43. The van der Waals surface area contributed by atoms with Gasteiger partial charge >= 0.3 is 0 Å². The van der Waals surface area contributed by atoms with Gasteiger partial charge in [-0.1, -0.05) is 13.8 Å². The van der Waals surface area contributed by atoms with Gasteiger partial charge in [-0.3, -0.25) is 19.2 Å². The molecule has 1 fully saturated rings. The second-order valence-electron chi connectivity index (χ2n) is 8.91. The Morgan fingerprint density at radius 2 is 1.79 bits per heavy atom. The van der Waals surface area contributed by atoms with E-state index >= 15 is 0 Å². The van der Waals surface area contributed by atoms with Crippen LogP contribution in [0.5, 0.6) is 0 Å². The third-order valence-corrected chi connectivity index (χ3v) is 6.15. The molecule has 0 saturated carbocycles. The highest BCUT2D eigenvalue weighted by molar-refractivity contribution is 5.98. The average molecular weight is 475 g/mol. The molecule has 2 N–H and O–H groups in total. The van der Waals surface area contributed by atoms with Crippen molar-refractivity contribution in [3.63, 3.8) is 0 Å². The predicted molar refractivity (Wildman–Crippen MR) is 120 cm³/mol. The molecule has 1 aliphatic heterocycles. The third-order valence-electron chi connectivity index (χ3n) is 6.15. The molecule has 0 radical (unpaired) electrons. The number of likely N-dealkylation sites (tertiary alicyclic amines) is 1. The molecule has 0 bridgehead atoms. The molecule has 2 amide bonds. The van der Waals surface area contributed by atoms with Gasteiger partial charge in [-0.05, 0) is 44.7 Å². The minimum absolute atomic E-state index is 0.162. The first kappa shape index (κ1) is 25.2. The van der Waals surface area contributed by atoms with Crippen LogP contribution in [0.4, 0.5) is 8.78 Å². The predicted octanol–water partition coefficient (Wildman–Crippen LogP) is 2.54. The molecule has 0 aliphatic carbocycles. The van der Waals surface area contributed by atoms with Crippen LogP contribution >= 0.6 is 0 Å². The normalized spacial score (nSPS) is 15.3. The van der Waals surface area contributed by atoms with E-state index in [0.29, 0.717) is 30.3 Å². The maximum absolute atomic E-state index is 14.0. The number of carbonyl (C=O) groups is 3. The molecule has 2 aromatic rings. The topological polar surface area (TPSA) is 112 Å². The van der Waals surface area contributed by atoms with Crippen molar-refractivity contribution in [2.24, 2.45) is 11.8 Å². The molecule has 2 heterocycles. The van der Waals surface area contributed by atoms with Crippen LogP contribution in [-0.2, 0) is 4.79 Å². The van der Waals surface area contributed by atoms with Crippen molar-refractivity contribution >= 4 is 17.6 Å². The van der Waals surface area contributed by atoms with E-state index in [0.717, 1.165) is 12.1 Å². The summed E-state index contributed by atoms with van der Waals surface area (Å²) in [6, 6.07) is 1.96. The second-order valence-corrected chi connectivity index (χ2v) is 8.91. The highest BCUT2D eigenvalue weighted by Gasteiger charge is 2.34. The largest absolute Gasteiger partial charge is 0.341 e. The molecule has 34 heavy (non-hydrogen) atoms. The number of benzene rings is 1. The quantitative estimate of drug-likeness (QED) is 0.625. The first-order chi connectivity index (χ1) is 16.0. The van der Waals surface area contributed by atoms with Crippen molar-refractivity contribution in [1.29, 1.82) is 0 Å². The Labute approximate surface area is 195 Å². The molecule has 8 nitrogen and oxygen atoms in total. The number of halogens is 2. The van der Waals surface area contributed by atoms with Gasteiger partial charge in [0.05, 0.1) is 11.3 Å². The SMILES string of the molecule is Cc1nc(C(=O)N[C@H](C(=O)N2CCC(C(=O)c3ccc(F)cc3F)CC2)C(C)C)c(=O)[nH]c1C. The first-order valence-corrected chi connectivity index (χ1v) is 11.2. The summed E-state index contributed by atoms with van der Waals surface area (Å²) in [7, 11) is 0. The van der Waals surface area contributed by atoms with Crippen LogP contribution in [0, 0.1) is 37.3 Å². The third kappa shape index (κ3) is 5.37. The van der Waals surface area contributed by atoms with E-state index in [1.165, 1.54) is 0 Å². The van der Waals surface area contributed by atoms with Gasteiger partial charge in [0.1, 0.15) is 17.7 Å². The van der Waals surface area contributed by atoms with E-state index < -0.39 is 40.8 Å². The number of aryl methyl sites for hydroxylation is 2. The molecule has 1 aliphatic rings. The maximum Gasteiger partial charge on any atom is 0.279 e. The van der Waals surface area contributed by atoms with Crippen LogP contribution in [0.25, 0.3) is 0 Å². The van der Waals surface area contributed by atoms with Crippen LogP contribution in [0.3, 0.4) is 0 Å². The number of hydrogen-bond acceptors (Lipinski definition) is 5. The minimum atomic E-state index is -0.902. The number of nitrogens with zero attached hydrogens (tertiary/aromatic N) is 2. The number of carbonyl (C=O) groups excluding carboxylic acids is 3. The van der Waals surface area contributed by atoms with Crippen molar-refractivity contribution in [1.82, 2.24) is 20.2 Å². The number of rotatable bonds is 6. The van der Waals surface area contributed by atoms with Crippen LogP contribution in [0.2, 0.25) is 0 Å². The monoisotopic (exact) mass is 474 g/mol. The van der Waals surface area contributed by atoms with Crippen LogP contribution in [0.15, 0.2) is 23.0 Å². The van der Waals surface area contributed by atoms with Gasteiger partial charge in [0.15, 0.2) is 11.5 Å². The zero-order chi connectivity index (χ0) is 25.2. The number of nitrogens with one attached hydrogen (secondary N) is 2. The smallest absolute Gasteiger partial charge is 0.279 e. The zero-order valence-corrected chi connectivity index (χ0v) is 19.6. The van der Waals surface area contributed by atoms with Gasteiger partial charge in [0.2, 0.25) is 5.91 Å². The lowest BCUT2D eigenvalue weighted by molar-refractivity contribution is -0.135. The maximum atomic E-state index is 14.0. The molecule has 1 saturated heterocycles. The molecule has 10 heteroatoms. The summed E-state index contributed by atoms with van der Waals surface area (Å²) in [5.74, 6) is -3.91. The first-order valence-electron chi connectivity index (χ1n) is 11.2. The number of hydrogen-bond donors (Lipinski definition) is 2. The number of ketones is 1. The fraction of sp³-hybridized carbons (Fsp3) is 0.458. The molecule has 0 spiro atoms. The summed E-state index contributed by atoms with van der Waals surface area (Å²) in [5, 5.41) is 2.63. The van der Waals surface area contributed by atoms with Gasteiger partial charge in [-0.15, -0.1) is 0 Å². The minimum Gasteiger partial charge on any atom is -0.341 e. The molecular weight excluding hydrogens is 446 g/mol. The molecule has 1 aromatic carbocycles. The van der Waals surface area contributed by atoms with E-state index in [1.807, 2.05) is 0 Å². The Bertz CT molecular complexity index is 1170. The number of piperidine rings is 1. The van der Waals surface area contributed by atoms with Crippen LogP contribution in [-0.4, -0.2) is 51.6 Å². The van der Waals surface area contributed by atoms with Crippen molar-refractivity contribution < 1.29 is 23.2 Å². The number of amides is 2. The highest BCUT2D eigenvalue weighted by Crippen LogP contribution is 2.24. The van der Waals surface area contributed by atoms with Gasteiger partial charge in [0, 0.05) is 30.8 Å². The summed E-state index contributed by atoms with van der Waals surface area (Å²) in [6.45, 7) is 7.38. The summed E-state index contributed by atoms with van der Waals surface area (Å²) in [6.07, 6.45) is 0.636. The van der Waals surface area contributed by atoms with Crippen molar-refractivity contribution in [3.8, 4) is 0 Å². The zero-order valence-electron chi connectivity index (χ0n) is 19.6. The standard InChI is InChI=1S/C24H28F2N4O4/c1-12(2)19(29-23(33)20-22(32)28-14(4)13(3)27-20)24(34)30-9-7-15(8-10-30)21(31)17-6-5-16(25)11-18(17)26/h5-6,11-12,15,19H,7-10H2,1-4H3,(H,28,32)(H,29,33)/t19-/m0/s1. The molecule has 0 unspecified atom stereocenters. The molecule has 1 atom stereocenters. The summed E-state index contributed by atoms with van der Waals surface area (Å²) >= 11 is 0. The Kier molecular flexibility index (Phi) is 7.58. The fourth-order valence-electron chi connectivity index (χ4n) is 3.97. The van der Waals surface area contributed by atoms with Crippen molar-refractivity contribution in [2.45, 2.75) is 46.6 Å². The number of H-pyrrole nitrogens is 1. The van der Waals surface area contributed by atoms with Crippen LogP contribution < -0.4 is 10.9 Å². The fourth-order valence-corrected chi connectivity index (χ4v) is 3.97. The Balaban J connectivity index is 1.67. The molecule has 3 rings (SSSR count). The Morgan fingerprint density at radius 3 is 2.38 bits per heavy atom. The summed E-state index contributed by atoms with van der Waals surface area (Å²) in [4.78, 5) is 58.9. The molecular formula is C24H28F2N4O4. The van der Waals surface area contributed by atoms with E-state index in [2.05, 4.69) is 15.3 Å². The van der Waals surface area contributed by atoms with E-state index in [9.17, 15) is 28.0 Å². The number of aromatic nitrogens is 2. The number of aromatic amines is 1. The van der Waals surface area contributed by atoms with Gasteiger partial charge in [-0.2, -0.15) is 0 Å². The van der Waals surface area contributed by atoms with E-state index in [1.54, 1.807) is 32.6 Å².